The maximum atomic E-state index is 11.5. The van der Waals surface area contributed by atoms with Crippen molar-refractivity contribution in [3.8, 4) is 0 Å². The van der Waals surface area contributed by atoms with Crippen LogP contribution in [-0.4, -0.2) is 19.0 Å². The zero-order valence-electron chi connectivity index (χ0n) is 12.0. The largest absolute Gasteiger partial charge is 0.469 e. The normalized spacial score (nSPS) is 10.4. The minimum atomic E-state index is -0.578. The third kappa shape index (κ3) is 4.82. The van der Waals surface area contributed by atoms with Gasteiger partial charge in [-0.05, 0) is 36.4 Å². The van der Waals surface area contributed by atoms with Gasteiger partial charge in [0.1, 0.15) is 6.42 Å². The van der Waals surface area contributed by atoms with Crippen molar-refractivity contribution < 1.29 is 14.3 Å². The summed E-state index contributed by atoms with van der Waals surface area (Å²) in [5, 5.41) is 10.8. The van der Waals surface area contributed by atoms with E-state index in [9.17, 15) is 9.59 Å². The quantitative estimate of drug-likeness (QED) is 0.520. The second-order valence-electron chi connectivity index (χ2n) is 4.38. The highest BCUT2D eigenvalue weighted by Gasteiger charge is 2.09. The van der Waals surface area contributed by atoms with Gasteiger partial charge in [-0.2, -0.15) is 10.2 Å². The summed E-state index contributed by atoms with van der Waals surface area (Å²) < 4.78 is 4.42. The van der Waals surface area contributed by atoms with E-state index in [-0.39, 0.29) is 6.42 Å². The van der Waals surface area contributed by atoms with Crippen molar-refractivity contribution in [2.75, 3.05) is 12.4 Å². The summed E-state index contributed by atoms with van der Waals surface area (Å²) in [7, 11) is 1.24. The Labute approximate surface area is 127 Å². The fraction of sp³-hybridized carbons (Fsp3) is 0.125. The number of ether oxygens (including phenoxy) is 1. The highest BCUT2D eigenvalue weighted by atomic mass is 16.5. The van der Waals surface area contributed by atoms with E-state index < -0.39 is 11.9 Å². The first-order valence-corrected chi connectivity index (χ1v) is 6.61. The number of methoxy groups -OCH3 is 1. The number of nitrogens with one attached hydrogen (secondary N) is 1. The number of esters is 1. The second kappa shape index (κ2) is 7.68. The van der Waals surface area contributed by atoms with Gasteiger partial charge < -0.3 is 10.1 Å². The Balaban J connectivity index is 1.94. The fourth-order valence-electron chi connectivity index (χ4n) is 1.63. The Morgan fingerprint density at radius 1 is 0.955 bits per heavy atom. The van der Waals surface area contributed by atoms with E-state index >= 15 is 0 Å². The number of carbonyl (C=O) groups excluding carboxylic acids is 2. The van der Waals surface area contributed by atoms with E-state index in [1.807, 2.05) is 30.3 Å². The van der Waals surface area contributed by atoms with E-state index in [1.54, 1.807) is 24.3 Å². The van der Waals surface area contributed by atoms with Gasteiger partial charge >= 0.3 is 5.97 Å². The minimum absolute atomic E-state index is 0.314. The summed E-state index contributed by atoms with van der Waals surface area (Å²) in [6.07, 6.45) is -0.314. The summed E-state index contributed by atoms with van der Waals surface area (Å²) in [6.45, 7) is 0. The predicted octanol–water partition coefficient (Wildman–Crippen LogP) is 3.60. The molecule has 0 aliphatic heterocycles. The van der Waals surface area contributed by atoms with Crippen LogP contribution in [0.15, 0.2) is 64.8 Å². The van der Waals surface area contributed by atoms with Crippen molar-refractivity contribution in [3.63, 3.8) is 0 Å². The van der Waals surface area contributed by atoms with Crippen LogP contribution in [0.2, 0.25) is 0 Å². The first kappa shape index (κ1) is 15.4. The molecule has 1 N–H and O–H groups in total. The molecule has 0 fully saturated rings. The number of hydrogen-bond donors (Lipinski definition) is 1. The Morgan fingerprint density at radius 2 is 1.55 bits per heavy atom. The molecule has 0 aromatic heterocycles. The molecule has 0 heterocycles. The number of nitrogens with zero attached hydrogens (tertiary/aromatic N) is 2. The first-order chi connectivity index (χ1) is 10.7. The van der Waals surface area contributed by atoms with Crippen molar-refractivity contribution in [1.29, 1.82) is 0 Å². The molecule has 0 saturated heterocycles. The molecule has 0 aliphatic carbocycles. The Morgan fingerprint density at radius 3 is 2.14 bits per heavy atom. The standard InChI is InChI=1S/C16H15N3O3/c1-22-16(21)11-15(20)17-12-7-9-14(10-8-12)19-18-13-5-3-2-4-6-13/h2-10H,11H2,1H3,(H,17,20). The summed E-state index contributed by atoms with van der Waals surface area (Å²) in [5.74, 6) is -1.00. The molecule has 6 heteroatoms. The van der Waals surface area contributed by atoms with Gasteiger partial charge in [-0.3, -0.25) is 9.59 Å². The van der Waals surface area contributed by atoms with Crippen LogP contribution in [0.25, 0.3) is 0 Å². The third-order valence-electron chi connectivity index (χ3n) is 2.72. The SMILES string of the molecule is COC(=O)CC(=O)Nc1ccc(N=Nc2ccccc2)cc1. The van der Waals surface area contributed by atoms with Crippen LogP contribution in [0, 0.1) is 0 Å². The molecule has 2 aromatic carbocycles. The molecule has 0 aliphatic rings. The van der Waals surface area contributed by atoms with Crippen LogP contribution < -0.4 is 5.32 Å². The van der Waals surface area contributed by atoms with Gasteiger partial charge in [0.25, 0.3) is 0 Å². The maximum Gasteiger partial charge on any atom is 0.315 e. The van der Waals surface area contributed by atoms with Gasteiger partial charge in [-0.25, -0.2) is 0 Å². The maximum absolute atomic E-state index is 11.5. The lowest BCUT2D eigenvalue weighted by molar-refractivity contribution is -0.142. The number of amides is 1. The number of anilines is 1. The Bertz CT molecular complexity index is 667. The van der Waals surface area contributed by atoms with Crippen molar-refractivity contribution in [3.05, 3.63) is 54.6 Å². The molecule has 0 unspecified atom stereocenters. The molecule has 0 radical (unpaired) electrons. The number of carbonyl (C=O) groups is 2. The number of hydrogen-bond acceptors (Lipinski definition) is 5. The molecule has 2 rings (SSSR count). The van der Waals surface area contributed by atoms with Crippen LogP contribution in [0.4, 0.5) is 17.1 Å². The van der Waals surface area contributed by atoms with Crippen LogP contribution in [0.3, 0.4) is 0 Å². The van der Waals surface area contributed by atoms with Gasteiger partial charge in [0.15, 0.2) is 0 Å². The lowest BCUT2D eigenvalue weighted by Gasteiger charge is -2.04. The topological polar surface area (TPSA) is 80.1 Å². The van der Waals surface area contributed by atoms with Crippen LogP contribution in [0.5, 0.6) is 0 Å². The highest BCUT2D eigenvalue weighted by Crippen LogP contribution is 2.20. The highest BCUT2D eigenvalue weighted by molar-refractivity contribution is 6.01. The van der Waals surface area contributed by atoms with E-state index in [0.717, 1.165) is 5.69 Å². The smallest absolute Gasteiger partial charge is 0.315 e. The van der Waals surface area contributed by atoms with Gasteiger partial charge in [-0.15, -0.1) is 0 Å². The van der Waals surface area contributed by atoms with Gasteiger partial charge in [0, 0.05) is 5.69 Å². The van der Waals surface area contributed by atoms with E-state index in [0.29, 0.717) is 11.4 Å². The summed E-state index contributed by atoms with van der Waals surface area (Å²) in [5.41, 5.74) is 2.00. The minimum Gasteiger partial charge on any atom is -0.469 e. The molecule has 0 saturated carbocycles. The first-order valence-electron chi connectivity index (χ1n) is 6.61. The van der Waals surface area contributed by atoms with Crippen LogP contribution in [0.1, 0.15) is 6.42 Å². The zero-order chi connectivity index (χ0) is 15.8. The fourth-order valence-corrected chi connectivity index (χ4v) is 1.63. The lowest BCUT2D eigenvalue weighted by Crippen LogP contribution is -2.17. The average Bonchev–Trinajstić information content (AvgIpc) is 2.55. The molecule has 112 valence electrons. The van der Waals surface area contributed by atoms with Gasteiger partial charge in [-0.1, -0.05) is 18.2 Å². The number of azo groups is 1. The average molecular weight is 297 g/mol. The Kier molecular flexibility index (Phi) is 5.37. The second-order valence-corrected chi connectivity index (χ2v) is 4.38. The summed E-state index contributed by atoms with van der Waals surface area (Å²) in [6, 6.07) is 16.2. The Hall–Kier alpha value is -3.02. The third-order valence-corrected chi connectivity index (χ3v) is 2.72. The molecular formula is C16H15N3O3. The molecule has 1 amide bonds. The molecule has 0 atom stereocenters. The lowest BCUT2D eigenvalue weighted by atomic mass is 10.2. The summed E-state index contributed by atoms with van der Waals surface area (Å²) in [4.78, 5) is 22.5. The molecular weight excluding hydrogens is 282 g/mol. The van der Waals surface area contributed by atoms with Crippen LogP contribution in [-0.2, 0) is 14.3 Å². The van der Waals surface area contributed by atoms with Crippen molar-refractivity contribution >= 4 is 28.9 Å². The number of benzene rings is 2. The van der Waals surface area contributed by atoms with Crippen LogP contribution >= 0.6 is 0 Å². The predicted molar refractivity (Wildman–Crippen MR) is 82.3 cm³/mol. The number of rotatable bonds is 5. The zero-order valence-corrected chi connectivity index (χ0v) is 12.0. The van der Waals surface area contributed by atoms with Crippen molar-refractivity contribution in [2.45, 2.75) is 6.42 Å². The van der Waals surface area contributed by atoms with Crippen molar-refractivity contribution in [2.24, 2.45) is 10.2 Å². The van der Waals surface area contributed by atoms with Gasteiger partial charge in [0.2, 0.25) is 5.91 Å². The molecule has 22 heavy (non-hydrogen) atoms. The molecule has 0 spiro atoms. The summed E-state index contributed by atoms with van der Waals surface area (Å²) >= 11 is 0. The molecule has 0 bridgehead atoms. The molecule has 6 nitrogen and oxygen atoms in total. The van der Waals surface area contributed by atoms with E-state index in [4.69, 9.17) is 0 Å². The molecule has 2 aromatic rings. The monoisotopic (exact) mass is 297 g/mol. The van der Waals surface area contributed by atoms with E-state index in [1.165, 1.54) is 7.11 Å². The van der Waals surface area contributed by atoms with E-state index in [2.05, 4.69) is 20.3 Å². The van der Waals surface area contributed by atoms with Gasteiger partial charge in [0.05, 0.1) is 18.5 Å². The van der Waals surface area contributed by atoms with Crippen molar-refractivity contribution in [1.82, 2.24) is 0 Å².